The van der Waals surface area contributed by atoms with Crippen LogP contribution in [0.5, 0.6) is 5.75 Å². The van der Waals surface area contributed by atoms with Gasteiger partial charge in [0.15, 0.2) is 5.75 Å². The van der Waals surface area contributed by atoms with Gasteiger partial charge in [0.25, 0.3) is 0 Å². The van der Waals surface area contributed by atoms with E-state index in [9.17, 15) is 9.90 Å². The minimum absolute atomic E-state index is 0.0474. The zero-order chi connectivity index (χ0) is 52.2. The lowest BCUT2D eigenvalue weighted by Gasteiger charge is -2.21. The van der Waals surface area contributed by atoms with Crippen molar-refractivity contribution in [3.8, 4) is 5.75 Å². The van der Waals surface area contributed by atoms with E-state index in [0.717, 1.165) is 91.3 Å². The minimum Gasteiger partial charge on any atom is -0.478 e. The lowest BCUT2D eigenvalue weighted by molar-refractivity contribution is 0.0682. The van der Waals surface area contributed by atoms with E-state index in [1.54, 1.807) is 6.07 Å². The van der Waals surface area contributed by atoms with Crippen LogP contribution in [0.2, 0.25) is 0 Å². The molecule has 0 atom stereocenters. The third-order valence-electron chi connectivity index (χ3n) is 16.4. The average Bonchev–Trinajstić information content (AvgIpc) is 3.42. The van der Waals surface area contributed by atoms with E-state index >= 15 is 4.79 Å². The van der Waals surface area contributed by atoms with Crippen molar-refractivity contribution in [2.75, 3.05) is 0 Å². The molecule has 0 fully saturated rings. The number of carboxylic acid groups (broad SMARTS) is 1. The molecule has 0 amide bonds. The van der Waals surface area contributed by atoms with Crippen molar-refractivity contribution in [3.05, 3.63) is 112 Å². The number of rotatable bonds is 39. The second kappa shape index (κ2) is 33.4. The third kappa shape index (κ3) is 17.2. The maximum absolute atomic E-state index is 15.1. The molecule has 6 rings (SSSR count). The molecule has 0 aromatic heterocycles. The molecule has 0 aliphatic heterocycles. The highest BCUT2D eigenvalue weighted by Crippen LogP contribution is 2.43. The molecule has 0 saturated heterocycles. The molecule has 6 aromatic carbocycles. The zero-order valence-electron chi connectivity index (χ0n) is 47.1. The fraction of sp³-hybridized carbons (Fsp3) is 0.571. The Morgan fingerprint density at radius 3 is 1.05 bits per heavy atom. The van der Waals surface area contributed by atoms with Crippen LogP contribution < -0.4 is 4.74 Å². The number of carbonyl (C=O) groups is 2. The molecule has 0 heterocycles. The van der Waals surface area contributed by atoms with Crippen LogP contribution in [-0.4, -0.2) is 17.0 Å². The summed E-state index contributed by atoms with van der Waals surface area (Å²) in [6.07, 6.45) is 43.5. The van der Waals surface area contributed by atoms with Gasteiger partial charge in [0.2, 0.25) is 0 Å². The summed E-state index contributed by atoms with van der Waals surface area (Å²) in [6.45, 7) is 9.10. The minimum atomic E-state index is -1.08. The summed E-state index contributed by atoms with van der Waals surface area (Å²) in [5.41, 5.74) is 5.56. The first-order chi connectivity index (χ1) is 36.4. The van der Waals surface area contributed by atoms with Crippen molar-refractivity contribution >= 4 is 55.0 Å². The molecule has 0 radical (unpaired) electrons. The van der Waals surface area contributed by atoms with Gasteiger partial charge < -0.3 is 9.84 Å². The lowest BCUT2D eigenvalue weighted by Crippen LogP contribution is -2.13. The summed E-state index contributed by atoms with van der Waals surface area (Å²) in [5.74, 6) is -1.37. The quantitative estimate of drug-likeness (QED) is 0.0181. The van der Waals surface area contributed by atoms with Crippen LogP contribution in [0.3, 0.4) is 0 Å². The molecule has 0 aliphatic rings. The maximum Gasteiger partial charge on any atom is 0.343 e. The third-order valence-corrected chi connectivity index (χ3v) is 16.4. The highest BCUT2D eigenvalue weighted by Gasteiger charge is 2.25. The fourth-order valence-electron chi connectivity index (χ4n) is 12.1. The fourth-order valence-corrected chi connectivity index (χ4v) is 12.1. The number of aromatic carboxylic acids is 1. The molecule has 0 spiro atoms. The monoisotopic (exact) mass is 1000 g/mol. The van der Waals surface area contributed by atoms with Gasteiger partial charge in [-0.25, -0.2) is 9.59 Å². The summed E-state index contributed by atoms with van der Waals surface area (Å²) in [5, 5.41) is 20.2. The van der Waals surface area contributed by atoms with Crippen LogP contribution >= 0.6 is 0 Å². The van der Waals surface area contributed by atoms with Gasteiger partial charge in [-0.05, 0) is 130 Å². The number of benzene rings is 6. The number of esters is 1. The largest absolute Gasteiger partial charge is 0.478 e. The molecule has 4 heteroatoms. The van der Waals surface area contributed by atoms with E-state index in [0.29, 0.717) is 5.56 Å². The van der Waals surface area contributed by atoms with Crippen molar-refractivity contribution in [2.24, 2.45) is 0 Å². The molecule has 0 bridgehead atoms. The Balaban J connectivity index is 1.39. The number of fused-ring (bicyclic) bond motifs is 4. The van der Waals surface area contributed by atoms with Gasteiger partial charge in [0.1, 0.15) is 5.56 Å². The summed E-state index contributed by atoms with van der Waals surface area (Å²) in [7, 11) is 0. The van der Waals surface area contributed by atoms with Crippen LogP contribution in [0.1, 0.15) is 276 Å². The SMILES string of the molecule is CCCCCCCCCCc1c2ccccc2c(CCCCCCCCCC)c2cc(C(=O)Oc3c(C(=O)O)ccc4c(CCCCCCCCCC)c5ccccc5c(CCCCCCCCCC)c34)ccc12. The number of unbranched alkanes of at least 4 members (excludes halogenated alkanes) is 28. The summed E-state index contributed by atoms with van der Waals surface area (Å²) < 4.78 is 6.69. The van der Waals surface area contributed by atoms with Crippen molar-refractivity contribution in [1.82, 2.24) is 0 Å². The van der Waals surface area contributed by atoms with Gasteiger partial charge in [-0.1, -0.05) is 268 Å². The van der Waals surface area contributed by atoms with Crippen LogP contribution in [0.25, 0.3) is 43.1 Å². The predicted octanol–water partition coefficient (Wildman–Crippen LogP) is 21.9. The molecule has 0 saturated carbocycles. The molecule has 4 nitrogen and oxygen atoms in total. The van der Waals surface area contributed by atoms with Crippen LogP contribution in [0.15, 0.2) is 78.9 Å². The number of aryl methyl sites for hydroxylation is 4. The van der Waals surface area contributed by atoms with Gasteiger partial charge in [0, 0.05) is 5.39 Å². The number of carboxylic acids is 1. The first-order valence-electron chi connectivity index (χ1n) is 30.8. The predicted molar refractivity (Wildman–Crippen MR) is 320 cm³/mol. The molecular formula is C70H98O4. The Hall–Kier alpha value is -4.70. The van der Waals surface area contributed by atoms with Crippen LogP contribution in [0, 0.1) is 0 Å². The summed E-state index contributed by atoms with van der Waals surface area (Å²) in [6, 6.07) is 27.7. The Morgan fingerprint density at radius 1 is 0.351 bits per heavy atom. The topological polar surface area (TPSA) is 63.6 Å². The first kappa shape index (κ1) is 58.6. The Labute approximate surface area is 449 Å². The second-order valence-corrected chi connectivity index (χ2v) is 22.2. The summed E-state index contributed by atoms with van der Waals surface area (Å²) >= 11 is 0. The van der Waals surface area contributed by atoms with E-state index in [1.807, 2.05) is 12.1 Å². The normalized spacial score (nSPS) is 11.7. The van der Waals surface area contributed by atoms with Crippen molar-refractivity contribution < 1.29 is 19.4 Å². The van der Waals surface area contributed by atoms with Gasteiger partial charge >= 0.3 is 11.9 Å². The molecule has 6 aromatic rings. The molecule has 74 heavy (non-hydrogen) atoms. The number of hydrogen-bond donors (Lipinski definition) is 1. The van der Waals surface area contributed by atoms with Crippen LogP contribution in [-0.2, 0) is 25.7 Å². The molecule has 1 N–H and O–H groups in total. The number of ether oxygens (including phenoxy) is 1. The molecular weight excluding hydrogens is 905 g/mol. The van der Waals surface area contributed by atoms with E-state index in [1.165, 1.54) is 205 Å². The molecule has 0 aliphatic carbocycles. The van der Waals surface area contributed by atoms with E-state index in [2.05, 4.69) is 88.4 Å². The van der Waals surface area contributed by atoms with Crippen molar-refractivity contribution in [1.29, 1.82) is 0 Å². The molecule has 0 unspecified atom stereocenters. The second-order valence-electron chi connectivity index (χ2n) is 22.2. The summed E-state index contributed by atoms with van der Waals surface area (Å²) in [4.78, 5) is 28.4. The average molecular weight is 1000 g/mol. The highest BCUT2D eigenvalue weighted by molar-refractivity contribution is 6.13. The van der Waals surface area contributed by atoms with Crippen molar-refractivity contribution in [3.63, 3.8) is 0 Å². The van der Waals surface area contributed by atoms with E-state index in [4.69, 9.17) is 4.74 Å². The Morgan fingerprint density at radius 2 is 0.662 bits per heavy atom. The van der Waals surface area contributed by atoms with Gasteiger partial charge in [0.05, 0.1) is 5.56 Å². The molecule has 402 valence electrons. The van der Waals surface area contributed by atoms with Gasteiger partial charge in [-0.3, -0.25) is 0 Å². The standard InChI is InChI=1S/C70H98O4/c1-5-9-13-17-21-25-29-33-41-57-55-44-37-38-45-56(55)61(43-35-31-27-23-19-15-11-7-3)66-53-54(49-50-62(57)66)70(73)74-68-65(69(71)72)52-51-64-60(42-34-30-26-22-18-14-10-6-2)58-46-39-40-47-59(58)63(67(64)68)48-36-32-28-24-20-16-12-8-4/h37-40,44-47,49-53H,5-36,41-43,48H2,1-4H3,(H,71,72). The highest BCUT2D eigenvalue weighted by atomic mass is 16.5. The number of carbonyl (C=O) groups excluding carboxylic acids is 1. The lowest BCUT2D eigenvalue weighted by atomic mass is 9.86. The maximum atomic E-state index is 15.1. The van der Waals surface area contributed by atoms with Gasteiger partial charge in [-0.2, -0.15) is 0 Å². The first-order valence-corrected chi connectivity index (χ1v) is 30.8. The van der Waals surface area contributed by atoms with E-state index < -0.39 is 11.9 Å². The van der Waals surface area contributed by atoms with Crippen LogP contribution in [0.4, 0.5) is 0 Å². The Bertz CT molecular complexity index is 2620. The number of hydrogen-bond acceptors (Lipinski definition) is 3. The van der Waals surface area contributed by atoms with Gasteiger partial charge in [-0.15, -0.1) is 0 Å². The smallest absolute Gasteiger partial charge is 0.343 e. The van der Waals surface area contributed by atoms with Crippen molar-refractivity contribution in [2.45, 2.75) is 259 Å². The zero-order valence-corrected chi connectivity index (χ0v) is 47.1. The van der Waals surface area contributed by atoms with E-state index in [-0.39, 0.29) is 11.3 Å². The Kier molecular flexibility index (Phi) is 26.4.